The summed E-state index contributed by atoms with van der Waals surface area (Å²) in [5, 5.41) is 19.9. The highest BCUT2D eigenvalue weighted by molar-refractivity contribution is 7.99. The standard InChI is InChI=1S/C23H19N7O3S/c24-10-16-20(14-1-3-15(4-2-14)33-12-19(26)31)17(11-25)23(30-21(16)27)34-8-6-13-5-7-29-18(9-13)22(28)32/h1-5,7,9H,6,8,12H2,(H2,26,31)(H2,27,30)(H2,28,32). The molecule has 0 aliphatic heterocycles. The first kappa shape index (κ1) is 24.0. The fourth-order valence-corrected chi connectivity index (χ4v) is 4.08. The van der Waals surface area contributed by atoms with Crippen molar-refractivity contribution in [3.05, 3.63) is 65.0 Å². The van der Waals surface area contributed by atoms with Gasteiger partial charge < -0.3 is 21.9 Å². The second kappa shape index (κ2) is 10.8. The lowest BCUT2D eigenvalue weighted by Gasteiger charge is -2.13. The van der Waals surface area contributed by atoms with E-state index in [9.17, 15) is 20.1 Å². The minimum Gasteiger partial charge on any atom is -0.484 e. The van der Waals surface area contributed by atoms with E-state index in [0.29, 0.717) is 34.1 Å². The number of anilines is 1. The Hall–Kier alpha value is -4.61. The van der Waals surface area contributed by atoms with Crippen LogP contribution in [0.2, 0.25) is 0 Å². The van der Waals surface area contributed by atoms with Crippen LogP contribution in [0.4, 0.5) is 5.82 Å². The molecule has 11 heteroatoms. The summed E-state index contributed by atoms with van der Waals surface area (Å²) in [6, 6.07) is 14.1. The van der Waals surface area contributed by atoms with Crippen molar-refractivity contribution in [2.24, 2.45) is 11.5 Å². The van der Waals surface area contributed by atoms with Gasteiger partial charge in [0.1, 0.15) is 40.0 Å². The molecule has 2 heterocycles. The average molecular weight is 474 g/mol. The molecule has 6 N–H and O–H groups in total. The van der Waals surface area contributed by atoms with Crippen molar-refractivity contribution in [2.75, 3.05) is 18.1 Å². The number of amides is 2. The van der Waals surface area contributed by atoms with E-state index in [1.54, 1.807) is 36.4 Å². The number of nitrogens with zero attached hydrogens (tertiary/aromatic N) is 4. The summed E-state index contributed by atoms with van der Waals surface area (Å²) >= 11 is 1.30. The van der Waals surface area contributed by atoms with Gasteiger partial charge in [-0.1, -0.05) is 12.1 Å². The Balaban J connectivity index is 1.89. The average Bonchev–Trinajstić information content (AvgIpc) is 2.83. The molecular weight excluding hydrogens is 454 g/mol. The molecule has 3 rings (SSSR count). The maximum Gasteiger partial charge on any atom is 0.267 e. The topological polar surface area (TPSA) is 195 Å². The Kier molecular flexibility index (Phi) is 7.64. The van der Waals surface area contributed by atoms with Gasteiger partial charge >= 0.3 is 0 Å². The van der Waals surface area contributed by atoms with Crippen LogP contribution in [0.1, 0.15) is 27.2 Å². The third-order valence-electron chi connectivity index (χ3n) is 4.65. The van der Waals surface area contributed by atoms with Crippen molar-refractivity contribution in [1.29, 1.82) is 10.5 Å². The van der Waals surface area contributed by atoms with E-state index in [2.05, 4.69) is 16.0 Å². The maximum atomic E-state index is 11.3. The Bertz CT molecular complexity index is 1330. The van der Waals surface area contributed by atoms with E-state index in [1.807, 2.05) is 6.07 Å². The van der Waals surface area contributed by atoms with Gasteiger partial charge in [0.05, 0.1) is 5.56 Å². The quantitative estimate of drug-likeness (QED) is 0.388. The monoisotopic (exact) mass is 473 g/mol. The fraction of sp³-hybridized carbons (Fsp3) is 0.130. The fourth-order valence-electron chi connectivity index (χ4n) is 3.09. The van der Waals surface area contributed by atoms with E-state index in [0.717, 1.165) is 5.56 Å². The number of benzene rings is 1. The number of ether oxygens (including phenoxy) is 1. The van der Waals surface area contributed by atoms with Crippen LogP contribution in [-0.2, 0) is 11.2 Å². The number of primary amides is 2. The summed E-state index contributed by atoms with van der Waals surface area (Å²) < 4.78 is 5.26. The summed E-state index contributed by atoms with van der Waals surface area (Å²) in [4.78, 5) is 30.4. The van der Waals surface area contributed by atoms with Crippen LogP contribution in [0.3, 0.4) is 0 Å². The van der Waals surface area contributed by atoms with E-state index in [-0.39, 0.29) is 29.2 Å². The van der Waals surface area contributed by atoms with Crippen LogP contribution < -0.4 is 21.9 Å². The van der Waals surface area contributed by atoms with Gasteiger partial charge in [0.15, 0.2) is 6.61 Å². The number of carbonyl (C=O) groups is 2. The van der Waals surface area contributed by atoms with Crippen molar-refractivity contribution < 1.29 is 14.3 Å². The minimum atomic E-state index is -0.613. The van der Waals surface area contributed by atoms with E-state index < -0.39 is 11.8 Å². The predicted molar refractivity (Wildman–Crippen MR) is 125 cm³/mol. The lowest BCUT2D eigenvalue weighted by atomic mass is 9.97. The molecule has 0 fully saturated rings. The summed E-state index contributed by atoms with van der Waals surface area (Å²) in [5.74, 6) is -0.284. The summed E-state index contributed by atoms with van der Waals surface area (Å²) in [7, 11) is 0. The van der Waals surface area contributed by atoms with Gasteiger partial charge in [-0.3, -0.25) is 14.6 Å². The highest BCUT2D eigenvalue weighted by atomic mass is 32.2. The number of aromatic nitrogens is 2. The Labute approximate surface area is 199 Å². The van der Waals surface area contributed by atoms with Crippen LogP contribution in [0, 0.1) is 22.7 Å². The zero-order valence-electron chi connectivity index (χ0n) is 17.8. The van der Waals surface area contributed by atoms with Gasteiger partial charge in [-0.2, -0.15) is 10.5 Å². The molecule has 0 bridgehead atoms. The minimum absolute atomic E-state index is 0.00739. The number of thioether (sulfide) groups is 1. The van der Waals surface area contributed by atoms with Gasteiger partial charge in [-0.15, -0.1) is 11.8 Å². The third-order valence-corrected chi connectivity index (χ3v) is 5.62. The Morgan fingerprint density at radius 3 is 2.38 bits per heavy atom. The number of hydrogen-bond donors (Lipinski definition) is 3. The van der Waals surface area contributed by atoms with E-state index in [1.165, 1.54) is 18.0 Å². The molecule has 0 spiro atoms. The molecule has 2 aromatic heterocycles. The normalized spacial score (nSPS) is 10.2. The van der Waals surface area contributed by atoms with Crippen molar-refractivity contribution >= 4 is 29.4 Å². The molecule has 0 unspecified atom stereocenters. The number of pyridine rings is 2. The SMILES string of the molecule is N#Cc1c(N)nc(SCCc2ccnc(C(N)=O)c2)c(C#N)c1-c1ccc(OCC(N)=O)cc1. The number of carbonyl (C=O) groups excluding carboxylic acids is 2. The molecule has 1 aromatic carbocycles. The molecule has 0 aliphatic carbocycles. The summed E-state index contributed by atoms with van der Waals surface area (Å²) in [6.45, 7) is -0.270. The first-order valence-electron chi connectivity index (χ1n) is 9.86. The molecule has 10 nitrogen and oxygen atoms in total. The lowest BCUT2D eigenvalue weighted by Crippen LogP contribution is -2.19. The Morgan fingerprint density at radius 1 is 1.06 bits per heavy atom. The first-order valence-corrected chi connectivity index (χ1v) is 10.8. The van der Waals surface area contributed by atoms with Gasteiger partial charge in [0.2, 0.25) is 0 Å². The van der Waals surface area contributed by atoms with Gasteiger partial charge in [-0.05, 0) is 41.8 Å². The molecule has 0 radical (unpaired) electrons. The zero-order chi connectivity index (χ0) is 24.7. The summed E-state index contributed by atoms with van der Waals surface area (Å²) in [6.07, 6.45) is 2.06. The predicted octanol–water partition coefficient (Wildman–Crippen LogP) is 1.77. The molecule has 0 aliphatic rings. The van der Waals surface area contributed by atoms with Crippen molar-refractivity contribution in [3.63, 3.8) is 0 Å². The van der Waals surface area contributed by atoms with Crippen LogP contribution in [0.15, 0.2) is 47.6 Å². The second-order valence-corrected chi connectivity index (χ2v) is 8.03. The molecular formula is C23H19N7O3S. The van der Waals surface area contributed by atoms with Crippen LogP contribution in [-0.4, -0.2) is 34.1 Å². The number of nitrogen functional groups attached to an aromatic ring is 1. The number of nitriles is 2. The maximum absolute atomic E-state index is 11.3. The van der Waals surface area contributed by atoms with Gasteiger partial charge in [0, 0.05) is 17.5 Å². The first-order chi connectivity index (χ1) is 16.3. The van der Waals surface area contributed by atoms with Crippen LogP contribution >= 0.6 is 11.8 Å². The molecule has 3 aromatic rings. The Morgan fingerprint density at radius 2 is 1.76 bits per heavy atom. The molecule has 0 atom stereocenters. The highest BCUT2D eigenvalue weighted by Crippen LogP contribution is 2.36. The second-order valence-electron chi connectivity index (χ2n) is 6.94. The number of nitrogens with two attached hydrogens (primary N) is 3. The van der Waals surface area contributed by atoms with Gasteiger partial charge in [-0.25, -0.2) is 4.98 Å². The highest BCUT2D eigenvalue weighted by Gasteiger charge is 2.20. The smallest absolute Gasteiger partial charge is 0.267 e. The zero-order valence-corrected chi connectivity index (χ0v) is 18.6. The summed E-state index contributed by atoms with van der Waals surface area (Å²) in [5.41, 5.74) is 18.7. The number of hydrogen-bond acceptors (Lipinski definition) is 9. The molecule has 2 amide bonds. The number of aryl methyl sites for hydroxylation is 1. The molecule has 170 valence electrons. The van der Waals surface area contributed by atoms with Crippen molar-refractivity contribution in [2.45, 2.75) is 11.4 Å². The van der Waals surface area contributed by atoms with Crippen LogP contribution in [0.25, 0.3) is 11.1 Å². The van der Waals surface area contributed by atoms with E-state index in [4.69, 9.17) is 21.9 Å². The lowest BCUT2D eigenvalue weighted by molar-refractivity contribution is -0.119. The molecule has 34 heavy (non-hydrogen) atoms. The van der Waals surface area contributed by atoms with Crippen molar-refractivity contribution in [1.82, 2.24) is 9.97 Å². The largest absolute Gasteiger partial charge is 0.484 e. The van der Waals surface area contributed by atoms with Crippen LogP contribution in [0.5, 0.6) is 5.75 Å². The molecule has 0 saturated heterocycles. The third kappa shape index (κ3) is 5.59. The number of rotatable bonds is 9. The van der Waals surface area contributed by atoms with Crippen molar-refractivity contribution in [3.8, 4) is 29.0 Å². The molecule has 0 saturated carbocycles. The van der Waals surface area contributed by atoms with E-state index >= 15 is 0 Å². The van der Waals surface area contributed by atoms with Gasteiger partial charge in [0.25, 0.3) is 11.8 Å².